The van der Waals surface area contributed by atoms with Crippen molar-refractivity contribution in [3.8, 4) is 5.75 Å². The Balaban J connectivity index is 3.29. The molecule has 13 heavy (non-hydrogen) atoms. The van der Waals surface area contributed by atoms with E-state index in [-0.39, 0.29) is 11.2 Å². The monoisotopic (exact) mass is 248 g/mol. The van der Waals surface area contributed by atoms with Gasteiger partial charge in [0.2, 0.25) is 0 Å². The Kier molecular flexibility index (Phi) is 3.30. The van der Waals surface area contributed by atoms with Gasteiger partial charge in [0.25, 0.3) is 0 Å². The zero-order valence-corrected chi connectivity index (χ0v) is 8.38. The topological polar surface area (TPSA) is 49.7 Å². The Hall–Kier alpha value is -0.585. The largest absolute Gasteiger partial charge is 0.494 e. The minimum atomic E-state index is -1.75. The van der Waals surface area contributed by atoms with Gasteiger partial charge in [-0.3, -0.25) is 0 Å². The SMILES string of the molecule is COc1c(F)cc(Br)cc1B(O)O. The first kappa shape index (κ1) is 10.5. The van der Waals surface area contributed by atoms with Crippen molar-refractivity contribution < 1.29 is 19.2 Å². The van der Waals surface area contributed by atoms with Crippen LogP contribution in [0, 0.1) is 5.82 Å². The summed E-state index contributed by atoms with van der Waals surface area (Å²) in [5, 5.41) is 17.7. The fourth-order valence-corrected chi connectivity index (χ4v) is 1.44. The van der Waals surface area contributed by atoms with Crippen LogP contribution in [0.15, 0.2) is 16.6 Å². The zero-order chi connectivity index (χ0) is 10.0. The molecule has 0 bridgehead atoms. The minimum absolute atomic E-state index is 0.00521. The molecule has 2 N–H and O–H groups in total. The Morgan fingerprint density at radius 2 is 2.08 bits per heavy atom. The van der Waals surface area contributed by atoms with Crippen LogP contribution < -0.4 is 10.2 Å². The maximum Gasteiger partial charge on any atom is 0.492 e. The van der Waals surface area contributed by atoms with Crippen molar-refractivity contribution in [2.45, 2.75) is 0 Å². The third-order valence-corrected chi connectivity index (χ3v) is 1.98. The van der Waals surface area contributed by atoms with E-state index in [0.717, 1.165) is 0 Å². The molecule has 0 radical (unpaired) electrons. The first-order chi connectivity index (χ1) is 6.06. The minimum Gasteiger partial charge on any atom is -0.494 e. The van der Waals surface area contributed by atoms with Crippen molar-refractivity contribution in [1.82, 2.24) is 0 Å². The molecular formula is C7H7BBrFO3. The lowest BCUT2D eigenvalue weighted by atomic mass is 9.79. The first-order valence-corrected chi connectivity index (χ1v) is 4.24. The van der Waals surface area contributed by atoms with Crippen molar-refractivity contribution in [2.75, 3.05) is 7.11 Å². The van der Waals surface area contributed by atoms with Gasteiger partial charge in [-0.15, -0.1) is 0 Å². The summed E-state index contributed by atoms with van der Waals surface area (Å²) in [5.74, 6) is -0.793. The van der Waals surface area contributed by atoms with Gasteiger partial charge < -0.3 is 14.8 Å². The predicted octanol–water partition coefficient (Wildman–Crippen LogP) is 0.277. The van der Waals surface area contributed by atoms with E-state index in [0.29, 0.717) is 4.47 Å². The van der Waals surface area contributed by atoms with Gasteiger partial charge in [-0.1, -0.05) is 15.9 Å². The van der Waals surface area contributed by atoms with Crippen LogP contribution in [0.25, 0.3) is 0 Å². The van der Waals surface area contributed by atoms with E-state index in [4.69, 9.17) is 10.0 Å². The van der Waals surface area contributed by atoms with Crippen LogP contribution in [0.2, 0.25) is 0 Å². The summed E-state index contributed by atoms with van der Waals surface area (Å²) in [4.78, 5) is 0. The Labute approximate surface area is 83.4 Å². The van der Waals surface area contributed by atoms with Gasteiger partial charge in [-0.2, -0.15) is 0 Å². The summed E-state index contributed by atoms with van der Waals surface area (Å²) in [6.45, 7) is 0. The molecular weight excluding hydrogens is 242 g/mol. The van der Waals surface area contributed by atoms with E-state index < -0.39 is 12.9 Å². The molecule has 0 aliphatic rings. The van der Waals surface area contributed by atoms with Gasteiger partial charge >= 0.3 is 7.12 Å². The van der Waals surface area contributed by atoms with E-state index in [1.807, 2.05) is 0 Å². The summed E-state index contributed by atoms with van der Waals surface area (Å²) in [6, 6.07) is 2.57. The van der Waals surface area contributed by atoms with Crippen LogP contribution in [0.1, 0.15) is 0 Å². The van der Waals surface area contributed by atoms with Crippen LogP contribution >= 0.6 is 15.9 Å². The fraction of sp³-hybridized carbons (Fsp3) is 0.143. The third-order valence-electron chi connectivity index (χ3n) is 1.52. The van der Waals surface area contributed by atoms with E-state index in [1.54, 1.807) is 0 Å². The van der Waals surface area contributed by atoms with Gasteiger partial charge in [0, 0.05) is 9.94 Å². The van der Waals surface area contributed by atoms with E-state index >= 15 is 0 Å². The normalized spacial score (nSPS) is 9.92. The van der Waals surface area contributed by atoms with Gasteiger partial charge in [0.05, 0.1) is 7.11 Å². The number of halogens is 2. The second-order valence-electron chi connectivity index (χ2n) is 2.38. The standard InChI is InChI=1S/C7H7BBrFO3/c1-13-7-5(8(11)12)2-4(9)3-6(7)10/h2-3,11-12H,1H3. The molecule has 0 aromatic heterocycles. The molecule has 1 aromatic rings. The second kappa shape index (κ2) is 4.08. The van der Waals surface area contributed by atoms with E-state index in [9.17, 15) is 4.39 Å². The summed E-state index contributed by atoms with van der Waals surface area (Å²) in [5.41, 5.74) is -0.00521. The maximum absolute atomic E-state index is 13.1. The third kappa shape index (κ3) is 2.21. The highest BCUT2D eigenvalue weighted by Gasteiger charge is 2.20. The molecule has 0 atom stereocenters. The van der Waals surface area contributed by atoms with Crippen LogP contribution in [0.4, 0.5) is 4.39 Å². The Morgan fingerprint density at radius 1 is 1.46 bits per heavy atom. The molecule has 0 aliphatic heterocycles. The van der Waals surface area contributed by atoms with Crippen LogP contribution in [0.5, 0.6) is 5.75 Å². The van der Waals surface area contributed by atoms with Crippen molar-refractivity contribution in [3.05, 3.63) is 22.4 Å². The molecule has 0 spiro atoms. The summed E-state index contributed by atoms with van der Waals surface area (Å²) in [7, 11) is -0.486. The highest BCUT2D eigenvalue weighted by Crippen LogP contribution is 2.19. The smallest absolute Gasteiger partial charge is 0.492 e. The predicted molar refractivity (Wildman–Crippen MR) is 50.5 cm³/mol. The molecule has 0 saturated carbocycles. The number of methoxy groups -OCH3 is 1. The quantitative estimate of drug-likeness (QED) is 0.740. The average molecular weight is 249 g/mol. The first-order valence-electron chi connectivity index (χ1n) is 3.45. The number of rotatable bonds is 2. The van der Waals surface area contributed by atoms with E-state index in [2.05, 4.69) is 20.7 Å². The maximum atomic E-state index is 13.1. The lowest BCUT2D eigenvalue weighted by Crippen LogP contribution is -2.31. The molecule has 0 unspecified atom stereocenters. The molecule has 0 amide bonds. The molecule has 6 heteroatoms. The zero-order valence-electron chi connectivity index (χ0n) is 6.79. The Morgan fingerprint density at radius 3 is 2.54 bits per heavy atom. The summed E-state index contributed by atoms with van der Waals surface area (Å²) in [6.07, 6.45) is 0. The molecule has 70 valence electrons. The Bertz CT molecular complexity index is 319. The molecule has 3 nitrogen and oxygen atoms in total. The summed E-state index contributed by atoms with van der Waals surface area (Å²) >= 11 is 3.03. The average Bonchev–Trinajstić information content (AvgIpc) is 2.02. The number of ether oxygens (including phenoxy) is 1. The van der Waals surface area contributed by atoms with Gasteiger partial charge in [-0.25, -0.2) is 4.39 Å². The van der Waals surface area contributed by atoms with Crippen molar-refractivity contribution in [1.29, 1.82) is 0 Å². The van der Waals surface area contributed by atoms with Crippen LogP contribution in [-0.2, 0) is 0 Å². The highest BCUT2D eigenvalue weighted by atomic mass is 79.9. The fourth-order valence-electron chi connectivity index (χ4n) is 0.987. The molecule has 0 saturated heterocycles. The lowest BCUT2D eigenvalue weighted by Gasteiger charge is -2.08. The summed E-state index contributed by atoms with van der Waals surface area (Å²) < 4.78 is 18.2. The molecule has 1 aromatic carbocycles. The van der Waals surface area contributed by atoms with Gasteiger partial charge in [-0.05, 0) is 12.1 Å². The lowest BCUT2D eigenvalue weighted by molar-refractivity contribution is 0.381. The van der Waals surface area contributed by atoms with E-state index in [1.165, 1.54) is 19.2 Å². The number of hydrogen-bond acceptors (Lipinski definition) is 3. The number of benzene rings is 1. The molecule has 0 aliphatic carbocycles. The van der Waals surface area contributed by atoms with Crippen molar-refractivity contribution >= 4 is 28.5 Å². The van der Waals surface area contributed by atoms with Crippen molar-refractivity contribution in [3.63, 3.8) is 0 Å². The van der Waals surface area contributed by atoms with Gasteiger partial charge in [0.1, 0.15) is 0 Å². The van der Waals surface area contributed by atoms with Crippen LogP contribution in [-0.4, -0.2) is 24.3 Å². The second-order valence-corrected chi connectivity index (χ2v) is 3.30. The molecule has 0 heterocycles. The van der Waals surface area contributed by atoms with Crippen LogP contribution in [0.3, 0.4) is 0 Å². The number of hydrogen-bond donors (Lipinski definition) is 2. The molecule has 0 fully saturated rings. The van der Waals surface area contributed by atoms with Crippen molar-refractivity contribution in [2.24, 2.45) is 0 Å². The highest BCUT2D eigenvalue weighted by molar-refractivity contribution is 9.10. The molecule has 1 rings (SSSR count). The van der Waals surface area contributed by atoms with Gasteiger partial charge in [0.15, 0.2) is 11.6 Å².